The van der Waals surface area contributed by atoms with Gasteiger partial charge in [-0.1, -0.05) is 18.2 Å². The van der Waals surface area contributed by atoms with E-state index in [-0.39, 0.29) is 12.5 Å². The minimum atomic E-state index is -0.0333. The third-order valence-electron chi connectivity index (χ3n) is 3.66. The molecule has 3 rings (SSSR count). The van der Waals surface area contributed by atoms with Crippen molar-refractivity contribution in [3.63, 3.8) is 0 Å². The highest BCUT2D eigenvalue weighted by atomic mass is 16.3. The molecule has 0 spiro atoms. The molecule has 2 heterocycles. The lowest BCUT2D eigenvalue weighted by Crippen LogP contribution is -2.20. The lowest BCUT2D eigenvalue weighted by Gasteiger charge is -2.07. The van der Waals surface area contributed by atoms with Crippen molar-refractivity contribution in [3.8, 4) is 0 Å². The first-order valence-corrected chi connectivity index (χ1v) is 6.50. The molecule has 0 saturated carbocycles. The number of carbonyl (C=O) groups is 1. The van der Waals surface area contributed by atoms with E-state index in [1.165, 1.54) is 0 Å². The highest BCUT2D eigenvalue weighted by Crippen LogP contribution is 2.36. The number of benzene rings is 1. The van der Waals surface area contributed by atoms with Gasteiger partial charge in [0, 0.05) is 24.0 Å². The van der Waals surface area contributed by atoms with Crippen LogP contribution < -0.4 is 4.90 Å². The molecular formula is C16H16N2O2. The summed E-state index contributed by atoms with van der Waals surface area (Å²) in [5.74, 6) is -0.00857. The number of hydrogen-bond donors (Lipinski definition) is 2. The second kappa shape index (κ2) is 4.65. The molecule has 0 bridgehead atoms. The molecule has 4 heteroatoms. The Morgan fingerprint density at radius 3 is 2.80 bits per heavy atom. The molecule has 1 aromatic heterocycles. The number of aromatic amines is 1. The summed E-state index contributed by atoms with van der Waals surface area (Å²) in [6.07, 6.45) is 1.86. The number of rotatable bonds is 2. The Labute approximate surface area is 117 Å². The molecule has 20 heavy (non-hydrogen) atoms. The number of fused-ring (bicyclic) bond motifs is 1. The van der Waals surface area contributed by atoms with Crippen LogP contribution in [0.5, 0.6) is 0 Å². The summed E-state index contributed by atoms with van der Waals surface area (Å²) in [5, 5.41) is 9.16. The number of nitrogens with zero attached hydrogens (tertiary/aromatic N) is 1. The van der Waals surface area contributed by atoms with Crippen LogP contribution in [0, 0.1) is 6.92 Å². The smallest absolute Gasteiger partial charge is 0.258 e. The zero-order chi connectivity index (χ0) is 14.3. The van der Waals surface area contributed by atoms with Crippen LogP contribution in [-0.2, 0) is 11.4 Å². The monoisotopic (exact) mass is 268 g/mol. The van der Waals surface area contributed by atoms with Crippen molar-refractivity contribution in [2.75, 3.05) is 11.9 Å². The van der Waals surface area contributed by atoms with Crippen LogP contribution in [0.1, 0.15) is 22.5 Å². The first-order chi connectivity index (χ1) is 9.61. The number of aromatic nitrogens is 1. The van der Waals surface area contributed by atoms with E-state index in [1.54, 1.807) is 11.9 Å². The minimum Gasteiger partial charge on any atom is -0.390 e. The summed E-state index contributed by atoms with van der Waals surface area (Å²) in [6, 6.07) is 9.64. The van der Waals surface area contributed by atoms with Crippen molar-refractivity contribution in [1.29, 1.82) is 0 Å². The molecule has 2 aromatic rings. The van der Waals surface area contributed by atoms with Crippen molar-refractivity contribution in [2.24, 2.45) is 0 Å². The largest absolute Gasteiger partial charge is 0.390 e. The molecule has 1 aliphatic rings. The number of likely N-dealkylation sites (N-methyl/N-ethyl adjacent to an activating group) is 1. The molecule has 0 fully saturated rings. The number of H-pyrrole nitrogens is 1. The molecule has 1 aliphatic heterocycles. The number of aliphatic hydroxyl groups excluding tert-OH is 1. The topological polar surface area (TPSA) is 56.3 Å². The molecule has 0 saturated heterocycles. The molecule has 4 nitrogen and oxygen atoms in total. The average Bonchev–Trinajstić information content (AvgIpc) is 2.93. The summed E-state index contributed by atoms with van der Waals surface area (Å²) in [6.45, 7) is 1.92. The quantitative estimate of drug-likeness (QED) is 0.821. The van der Waals surface area contributed by atoms with Gasteiger partial charge in [-0.25, -0.2) is 0 Å². The van der Waals surface area contributed by atoms with E-state index in [1.807, 2.05) is 43.3 Å². The summed E-state index contributed by atoms with van der Waals surface area (Å²) >= 11 is 0. The number of nitrogens with one attached hydrogen (secondary N) is 1. The maximum absolute atomic E-state index is 12.3. The number of aryl methyl sites for hydroxylation is 1. The van der Waals surface area contributed by atoms with Gasteiger partial charge >= 0.3 is 0 Å². The zero-order valence-corrected chi connectivity index (χ0v) is 11.5. The zero-order valence-electron chi connectivity index (χ0n) is 11.5. The molecule has 2 N–H and O–H groups in total. The van der Waals surface area contributed by atoms with E-state index in [9.17, 15) is 4.79 Å². The van der Waals surface area contributed by atoms with Gasteiger partial charge in [0.25, 0.3) is 5.91 Å². The fourth-order valence-electron chi connectivity index (χ4n) is 2.56. The fraction of sp³-hybridized carbons (Fsp3) is 0.188. The van der Waals surface area contributed by atoms with Gasteiger partial charge in [0.1, 0.15) is 0 Å². The number of carbonyl (C=O) groups excluding carboxylic acids is 1. The summed E-state index contributed by atoms with van der Waals surface area (Å²) < 4.78 is 0. The van der Waals surface area contributed by atoms with Gasteiger partial charge in [-0.2, -0.15) is 0 Å². The molecule has 0 aliphatic carbocycles. The minimum absolute atomic E-state index is 0.00857. The molecule has 1 amide bonds. The third-order valence-corrected chi connectivity index (χ3v) is 3.66. The number of hydrogen-bond acceptors (Lipinski definition) is 2. The molecule has 1 aromatic carbocycles. The summed E-state index contributed by atoms with van der Waals surface area (Å²) in [5.41, 5.74) is 5.18. The maximum atomic E-state index is 12.3. The SMILES string of the molecule is Cc1cc(CO)[nH]c1/C=C1\C(=O)N(C)c2ccccc21. The second-order valence-electron chi connectivity index (χ2n) is 4.99. The first kappa shape index (κ1) is 12.7. The van der Waals surface area contributed by atoms with Gasteiger partial charge in [0.2, 0.25) is 0 Å². The van der Waals surface area contributed by atoms with Crippen LogP contribution in [0.2, 0.25) is 0 Å². The molecule has 102 valence electrons. The average molecular weight is 268 g/mol. The lowest BCUT2D eigenvalue weighted by atomic mass is 10.1. The Morgan fingerprint density at radius 2 is 2.10 bits per heavy atom. The summed E-state index contributed by atoms with van der Waals surface area (Å²) in [4.78, 5) is 17.1. The number of aliphatic hydroxyl groups is 1. The van der Waals surface area contributed by atoms with Crippen LogP contribution in [0.3, 0.4) is 0 Å². The Bertz CT molecular complexity index is 713. The lowest BCUT2D eigenvalue weighted by molar-refractivity contribution is -0.112. The van der Waals surface area contributed by atoms with E-state index in [0.29, 0.717) is 5.57 Å². The van der Waals surface area contributed by atoms with Gasteiger partial charge in [0.05, 0.1) is 17.9 Å². The van der Waals surface area contributed by atoms with Crippen molar-refractivity contribution >= 4 is 23.2 Å². The normalized spacial score (nSPS) is 16.1. The third kappa shape index (κ3) is 1.85. The molecule has 0 atom stereocenters. The predicted octanol–water partition coefficient (Wildman–Crippen LogP) is 2.33. The fourth-order valence-corrected chi connectivity index (χ4v) is 2.56. The van der Waals surface area contributed by atoms with Crippen molar-refractivity contribution in [1.82, 2.24) is 4.98 Å². The molecule has 0 unspecified atom stereocenters. The van der Waals surface area contributed by atoms with E-state index in [0.717, 1.165) is 28.2 Å². The first-order valence-electron chi connectivity index (χ1n) is 6.50. The van der Waals surface area contributed by atoms with Crippen molar-refractivity contribution in [2.45, 2.75) is 13.5 Å². The van der Waals surface area contributed by atoms with Gasteiger partial charge in [-0.05, 0) is 30.7 Å². The van der Waals surface area contributed by atoms with Crippen molar-refractivity contribution in [3.05, 3.63) is 52.8 Å². The number of amides is 1. The standard InChI is InChI=1S/C16H16N2O2/c1-10-7-11(9-19)17-14(10)8-13-12-5-3-4-6-15(12)18(2)16(13)20/h3-8,17,19H,9H2,1-2H3/b13-8-. The maximum Gasteiger partial charge on any atom is 0.258 e. The van der Waals surface area contributed by atoms with Crippen LogP contribution in [0.4, 0.5) is 5.69 Å². The Hall–Kier alpha value is -2.33. The highest BCUT2D eigenvalue weighted by Gasteiger charge is 2.29. The highest BCUT2D eigenvalue weighted by molar-refractivity contribution is 6.35. The Kier molecular flexibility index (Phi) is 2.95. The summed E-state index contributed by atoms with van der Waals surface area (Å²) in [7, 11) is 1.78. The van der Waals surface area contributed by atoms with Crippen molar-refractivity contribution < 1.29 is 9.90 Å². The van der Waals surface area contributed by atoms with E-state index in [4.69, 9.17) is 5.11 Å². The predicted molar refractivity (Wildman–Crippen MR) is 79.2 cm³/mol. The van der Waals surface area contributed by atoms with E-state index >= 15 is 0 Å². The molecular weight excluding hydrogens is 252 g/mol. The second-order valence-corrected chi connectivity index (χ2v) is 4.99. The van der Waals surface area contributed by atoms with Crippen LogP contribution in [-0.4, -0.2) is 23.0 Å². The molecule has 0 radical (unpaired) electrons. The van der Waals surface area contributed by atoms with Crippen LogP contribution >= 0.6 is 0 Å². The van der Waals surface area contributed by atoms with Gasteiger partial charge in [-0.3, -0.25) is 4.79 Å². The van der Waals surface area contributed by atoms with Gasteiger partial charge < -0.3 is 15.0 Å². The van der Waals surface area contributed by atoms with Crippen LogP contribution in [0.25, 0.3) is 11.6 Å². The number of anilines is 1. The van der Waals surface area contributed by atoms with E-state index in [2.05, 4.69) is 4.98 Å². The van der Waals surface area contributed by atoms with Gasteiger partial charge in [-0.15, -0.1) is 0 Å². The van der Waals surface area contributed by atoms with Crippen LogP contribution in [0.15, 0.2) is 30.3 Å². The van der Waals surface area contributed by atoms with E-state index < -0.39 is 0 Å². The number of para-hydroxylation sites is 1. The Balaban J connectivity index is 2.12. The van der Waals surface area contributed by atoms with Gasteiger partial charge in [0.15, 0.2) is 0 Å². The Morgan fingerprint density at radius 1 is 1.35 bits per heavy atom.